The van der Waals surface area contributed by atoms with Crippen LogP contribution in [0.5, 0.6) is 0 Å². The number of rotatable bonds is 5. The Bertz CT molecular complexity index is 1460. The van der Waals surface area contributed by atoms with Crippen LogP contribution in [0.25, 0.3) is 11.4 Å². The fraction of sp³-hybridized carbons (Fsp3) is 0.161. The number of aromatic nitrogens is 4. The monoisotopic (exact) mass is 486 g/mol. The number of nitrogens with zero attached hydrogens (tertiary/aromatic N) is 3. The van der Waals surface area contributed by atoms with Gasteiger partial charge in [-0.15, -0.1) is 0 Å². The molecule has 6 rings (SSSR count). The maximum absolute atomic E-state index is 14.2. The number of carbonyl (C=O) groups is 1. The molecule has 6 nitrogen and oxygen atoms in total. The van der Waals surface area contributed by atoms with Gasteiger partial charge in [0.2, 0.25) is 0 Å². The van der Waals surface area contributed by atoms with Gasteiger partial charge in [0.15, 0.2) is 5.60 Å². The van der Waals surface area contributed by atoms with Crippen molar-refractivity contribution in [1.29, 1.82) is 0 Å². The average molecular weight is 487 g/mol. The molecule has 0 radical (unpaired) electrons. The zero-order valence-corrected chi connectivity index (χ0v) is 20.7. The third kappa shape index (κ3) is 3.73. The molecule has 0 unspecified atom stereocenters. The third-order valence-corrected chi connectivity index (χ3v) is 7.08. The minimum atomic E-state index is -1.17. The highest BCUT2D eigenvalue weighted by Crippen LogP contribution is 2.45. The maximum Gasteiger partial charge on any atom is 0.358 e. The van der Waals surface area contributed by atoms with Crippen molar-refractivity contribution in [2.24, 2.45) is 0 Å². The van der Waals surface area contributed by atoms with Crippen molar-refractivity contribution in [3.05, 3.63) is 137 Å². The Hall–Kier alpha value is -4.58. The Morgan fingerprint density at radius 3 is 1.92 bits per heavy atom. The van der Waals surface area contributed by atoms with Gasteiger partial charge in [-0.1, -0.05) is 105 Å². The van der Waals surface area contributed by atoms with Crippen LogP contribution in [0.3, 0.4) is 0 Å². The van der Waals surface area contributed by atoms with Gasteiger partial charge in [-0.25, -0.2) is 14.8 Å². The molecule has 3 aromatic carbocycles. The number of aromatic amines is 1. The molecule has 5 aromatic rings. The molecule has 0 spiro atoms. The second-order valence-electron chi connectivity index (χ2n) is 9.95. The van der Waals surface area contributed by atoms with Crippen molar-refractivity contribution in [3.8, 4) is 11.4 Å². The highest BCUT2D eigenvalue weighted by Gasteiger charge is 2.44. The van der Waals surface area contributed by atoms with Crippen LogP contribution in [0.1, 0.15) is 52.2 Å². The summed E-state index contributed by atoms with van der Waals surface area (Å²) in [7, 11) is 0. The number of ether oxygens (including phenoxy) is 1. The van der Waals surface area contributed by atoms with Crippen LogP contribution >= 0.6 is 0 Å². The zero-order valence-electron chi connectivity index (χ0n) is 20.7. The molecule has 0 saturated carbocycles. The molecule has 0 atom stereocenters. The minimum absolute atomic E-state index is 0.344. The van der Waals surface area contributed by atoms with Crippen molar-refractivity contribution in [2.45, 2.75) is 31.3 Å². The van der Waals surface area contributed by atoms with Crippen LogP contribution < -0.4 is 0 Å². The first kappa shape index (κ1) is 22.9. The van der Waals surface area contributed by atoms with Gasteiger partial charge in [0.05, 0.1) is 5.69 Å². The summed E-state index contributed by atoms with van der Waals surface area (Å²) in [6.45, 7) is 4.21. The van der Waals surface area contributed by atoms with Crippen molar-refractivity contribution >= 4 is 5.97 Å². The van der Waals surface area contributed by atoms with Gasteiger partial charge in [-0.05, 0) is 17.4 Å². The molecule has 1 aliphatic rings. The normalized spacial score (nSPS) is 13.9. The molecule has 37 heavy (non-hydrogen) atoms. The van der Waals surface area contributed by atoms with E-state index in [1.165, 1.54) is 6.33 Å². The largest absolute Gasteiger partial charge is 0.440 e. The van der Waals surface area contributed by atoms with E-state index in [1.54, 1.807) is 0 Å². The maximum atomic E-state index is 14.2. The lowest BCUT2D eigenvalue weighted by Gasteiger charge is -2.36. The second kappa shape index (κ2) is 8.82. The van der Waals surface area contributed by atoms with Gasteiger partial charge in [0.25, 0.3) is 0 Å². The Balaban J connectivity index is 1.54. The molecular formula is C31H26N4O2. The Morgan fingerprint density at radius 2 is 1.38 bits per heavy atom. The predicted octanol–water partition coefficient (Wildman–Crippen LogP) is 5.85. The van der Waals surface area contributed by atoms with Gasteiger partial charge in [-0.3, -0.25) is 5.10 Å². The number of fused-ring (bicyclic) bond motifs is 3. The van der Waals surface area contributed by atoms with E-state index in [-0.39, 0.29) is 5.41 Å². The number of esters is 1. The highest BCUT2D eigenvalue weighted by molar-refractivity contribution is 5.93. The van der Waals surface area contributed by atoms with Crippen LogP contribution in [-0.4, -0.2) is 26.1 Å². The summed E-state index contributed by atoms with van der Waals surface area (Å²) in [5.41, 5.74) is 4.61. The molecule has 2 heterocycles. The quantitative estimate of drug-likeness (QED) is 0.249. The van der Waals surface area contributed by atoms with Crippen LogP contribution in [0, 0.1) is 0 Å². The van der Waals surface area contributed by atoms with Gasteiger partial charge in [0, 0.05) is 28.5 Å². The molecular weight excluding hydrogens is 460 g/mol. The van der Waals surface area contributed by atoms with Gasteiger partial charge in [0.1, 0.15) is 17.7 Å². The van der Waals surface area contributed by atoms with Gasteiger partial charge >= 0.3 is 5.97 Å². The number of hydrogen-bond acceptors (Lipinski definition) is 5. The molecule has 1 N–H and O–H groups in total. The number of nitrogens with one attached hydrogen (secondary N) is 1. The SMILES string of the molecule is CC1(C)Cc2cncnc2-c2n[nH]c(C(=O)OC(c3ccccc3)(c3ccccc3)c3ccccc3)c21. The van der Waals surface area contributed by atoms with E-state index >= 15 is 0 Å². The predicted molar refractivity (Wildman–Crippen MR) is 141 cm³/mol. The van der Waals surface area contributed by atoms with Crippen molar-refractivity contribution in [3.63, 3.8) is 0 Å². The van der Waals surface area contributed by atoms with E-state index < -0.39 is 11.6 Å². The van der Waals surface area contributed by atoms with Crippen LogP contribution in [0.2, 0.25) is 0 Å². The van der Waals surface area contributed by atoms with Crippen molar-refractivity contribution in [2.75, 3.05) is 0 Å². The number of hydrogen-bond donors (Lipinski definition) is 1. The summed E-state index contributed by atoms with van der Waals surface area (Å²) in [6, 6.07) is 29.6. The van der Waals surface area contributed by atoms with E-state index in [0.29, 0.717) is 17.8 Å². The third-order valence-electron chi connectivity index (χ3n) is 7.08. The number of carbonyl (C=O) groups excluding carboxylic acids is 1. The second-order valence-corrected chi connectivity index (χ2v) is 9.95. The van der Waals surface area contributed by atoms with Crippen molar-refractivity contribution in [1.82, 2.24) is 20.2 Å². The van der Waals surface area contributed by atoms with Crippen LogP contribution in [0.4, 0.5) is 0 Å². The fourth-order valence-electron chi connectivity index (χ4n) is 5.47. The minimum Gasteiger partial charge on any atom is -0.440 e. The number of H-pyrrole nitrogens is 1. The number of benzene rings is 3. The molecule has 0 bridgehead atoms. The van der Waals surface area contributed by atoms with Gasteiger partial charge in [-0.2, -0.15) is 5.10 Å². The summed E-state index contributed by atoms with van der Waals surface area (Å²) in [6.07, 6.45) is 4.03. The first-order valence-electron chi connectivity index (χ1n) is 12.3. The Kier molecular flexibility index (Phi) is 5.45. The van der Waals surface area contributed by atoms with E-state index in [4.69, 9.17) is 4.74 Å². The molecule has 0 saturated heterocycles. The van der Waals surface area contributed by atoms with E-state index in [2.05, 4.69) is 34.0 Å². The van der Waals surface area contributed by atoms with E-state index in [0.717, 1.165) is 33.5 Å². The Labute approximate surface area is 215 Å². The molecule has 0 aliphatic heterocycles. The molecule has 0 amide bonds. The van der Waals surface area contributed by atoms with Gasteiger partial charge < -0.3 is 4.74 Å². The highest BCUT2D eigenvalue weighted by atomic mass is 16.6. The molecule has 0 fully saturated rings. The molecule has 182 valence electrons. The van der Waals surface area contributed by atoms with Crippen LogP contribution in [-0.2, 0) is 22.2 Å². The average Bonchev–Trinajstić information content (AvgIpc) is 3.40. The molecule has 1 aliphatic carbocycles. The topological polar surface area (TPSA) is 80.8 Å². The van der Waals surface area contributed by atoms with E-state index in [9.17, 15) is 4.79 Å². The first-order chi connectivity index (χ1) is 18.0. The zero-order chi connectivity index (χ0) is 25.5. The summed E-state index contributed by atoms with van der Waals surface area (Å²) in [5.74, 6) is -0.476. The summed E-state index contributed by atoms with van der Waals surface area (Å²) < 4.78 is 6.65. The lowest BCUT2D eigenvalue weighted by Crippen LogP contribution is -2.36. The molecule has 2 aromatic heterocycles. The van der Waals surface area contributed by atoms with Crippen molar-refractivity contribution < 1.29 is 9.53 Å². The van der Waals surface area contributed by atoms with E-state index in [1.807, 2.05) is 97.2 Å². The summed E-state index contributed by atoms with van der Waals surface area (Å²) in [5, 5.41) is 7.55. The standard InChI is InChI=1S/C31H26N4O2/c1-30(2)18-21-19-32-20-33-26(21)27-25(30)28(35-34-27)29(36)37-31(22-12-6-3-7-13-22,23-14-8-4-9-15-23)24-16-10-5-11-17-24/h3-17,19-20H,18H2,1-2H3,(H,34,35). The van der Waals surface area contributed by atoms with Crippen LogP contribution in [0.15, 0.2) is 104 Å². The fourth-order valence-corrected chi connectivity index (χ4v) is 5.47. The lowest BCUT2D eigenvalue weighted by molar-refractivity contribution is 0.0132. The smallest absolute Gasteiger partial charge is 0.358 e. The first-order valence-corrected chi connectivity index (χ1v) is 12.3. The summed E-state index contributed by atoms with van der Waals surface area (Å²) in [4.78, 5) is 22.8. The molecule has 6 heteroatoms. The summed E-state index contributed by atoms with van der Waals surface area (Å²) >= 11 is 0. The Morgan fingerprint density at radius 1 is 0.838 bits per heavy atom. The lowest BCUT2D eigenvalue weighted by atomic mass is 9.73.